The Balaban J connectivity index is 1.94. The molecule has 0 aliphatic heterocycles. The van der Waals surface area contributed by atoms with Crippen molar-refractivity contribution in [3.63, 3.8) is 0 Å². The minimum Gasteiger partial charge on any atom is -0.484 e. The van der Waals surface area contributed by atoms with E-state index in [2.05, 4.69) is 4.98 Å². The van der Waals surface area contributed by atoms with Gasteiger partial charge in [0.1, 0.15) is 12.7 Å². The molecule has 0 atom stereocenters. The number of nitrogens with zero attached hydrogens (tertiary/aromatic N) is 2. The number of carboxylic acids is 1. The number of ether oxygens (including phenoxy) is 1. The number of hydrogen-bond acceptors (Lipinski definition) is 4. The molecule has 0 saturated carbocycles. The molecular weight excluding hydrogens is 335 g/mol. The van der Waals surface area contributed by atoms with Crippen molar-refractivity contribution in [2.45, 2.75) is 6.61 Å². The molecule has 1 aromatic heterocycles. The molecule has 0 radical (unpaired) electrons. The number of carbonyl (C=O) groups is 1. The van der Waals surface area contributed by atoms with Gasteiger partial charge in [0.05, 0.1) is 16.8 Å². The summed E-state index contributed by atoms with van der Waals surface area (Å²) in [7, 11) is 0. The van der Waals surface area contributed by atoms with Crippen molar-refractivity contribution in [1.29, 1.82) is 5.26 Å². The van der Waals surface area contributed by atoms with Crippen LogP contribution in [0.25, 0.3) is 11.3 Å². The highest BCUT2D eigenvalue weighted by molar-refractivity contribution is 5.88. The second-order valence-corrected chi connectivity index (χ2v) is 5.46. The quantitative estimate of drug-likeness (QED) is 0.752. The molecule has 6 heteroatoms. The van der Waals surface area contributed by atoms with Gasteiger partial charge in [-0.3, -0.25) is 4.98 Å². The van der Waals surface area contributed by atoms with Crippen LogP contribution >= 0.6 is 0 Å². The number of aromatic carboxylic acids is 1. The van der Waals surface area contributed by atoms with Crippen molar-refractivity contribution < 1.29 is 19.0 Å². The van der Waals surface area contributed by atoms with Gasteiger partial charge in [-0.1, -0.05) is 30.3 Å². The Morgan fingerprint density at radius 2 is 1.96 bits per heavy atom. The highest BCUT2D eigenvalue weighted by atomic mass is 19.1. The third-order valence-corrected chi connectivity index (χ3v) is 3.69. The topological polar surface area (TPSA) is 83.2 Å². The maximum Gasteiger partial charge on any atom is 0.335 e. The fraction of sp³-hybridized carbons (Fsp3) is 0.0500. The molecule has 0 unspecified atom stereocenters. The lowest BCUT2D eigenvalue weighted by Crippen LogP contribution is -2.01. The van der Waals surface area contributed by atoms with E-state index in [1.807, 2.05) is 36.4 Å². The van der Waals surface area contributed by atoms with Crippen LogP contribution < -0.4 is 4.74 Å². The van der Waals surface area contributed by atoms with Crippen molar-refractivity contribution in [1.82, 2.24) is 4.98 Å². The van der Waals surface area contributed by atoms with Crippen LogP contribution in [0.2, 0.25) is 0 Å². The summed E-state index contributed by atoms with van der Waals surface area (Å²) < 4.78 is 20.0. The molecule has 1 heterocycles. The summed E-state index contributed by atoms with van der Waals surface area (Å²) in [6.07, 6.45) is 1.32. The number of pyridine rings is 1. The first-order valence-corrected chi connectivity index (χ1v) is 7.68. The average molecular weight is 348 g/mol. The molecule has 0 aliphatic carbocycles. The first-order valence-electron chi connectivity index (χ1n) is 7.68. The van der Waals surface area contributed by atoms with Crippen LogP contribution in [-0.2, 0) is 6.61 Å². The highest BCUT2D eigenvalue weighted by Crippen LogP contribution is 2.29. The molecule has 0 bridgehead atoms. The molecule has 26 heavy (non-hydrogen) atoms. The van der Waals surface area contributed by atoms with Gasteiger partial charge in [0.2, 0.25) is 0 Å². The molecule has 2 aromatic carbocycles. The van der Waals surface area contributed by atoms with Gasteiger partial charge >= 0.3 is 5.97 Å². The number of aromatic nitrogens is 1. The van der Waals surface area contributed by atoms with Gasteiger partial charge in [-0.2, -0.15) is 5.26 Å². The molecule has 0 saturated heterocycles. The molecule has 0 aliphatic rings. The third kappa shape index (κ3) is 3.68. The Kier molecular flexibility index (Phi) is 4.90. The zero-order valence-corrected chi connectivity index (χ0v) is 13.5. The lowest BCUT2D eigenvalue weighted by molar-refractivity contribution is 0.0697. The van der Waals surface area contributed by atoms with Crippen molar-refractivity contribution in [3.8, 4) is 23.1 Å². The fourth-order valence-electron chi connectivity index (χ4n) is 2.42. The van der Waals surface area contributed by atoms with E-state index in [-0.39, 0.29) is 29.2 Å². The predicted octanol–water partition coefficient (Wildman–Crippen LogP) is 4.04. The highest BCUT2D eigenvalue weighted by Gasteiger charge is 2.15. The molecule has 5 nitrogen and oxygen atoms in total. The molecule has 3 rings (SSSR count). The van der Waals surface area contributed by atoms with Crippen molar-refractivity contribution in [2.24, 2.45) is 0 Å². The van der Waals surface area contributed by atoms with Gasteiger partial charge in [-0.25, -0.2) is 9.18 Å². The fourth-order valence-corrected chi connectivity index (χ4v) is 2.42. The monoisotopic (exact) mass is 348 g/mol. The van der Waals surface area contributed by atoms with E-state index in [9.17, 15) is 14.4 Å². The first-order chi connectivity index (χ1) is 12.6. The van der Waals surface area contributed by atoms with E-state index < -0.39 is 11.8 Å². The summed E-state index contributed by atoms with van der Waals surface area (Å²) in [5.74, 6) is -1.97. The summed E-state index contributed by atoms with van der Waals surface area (Å²) in [6, 6.07) is 16.4. The second kappa shape index (κ2) is 7.45. The number of hydrogen-bond donors (Lipinski definition) is 1. The van der Waals surface area contributed by atoms with Gasteiger partial charge in [0.15, 0.2) is 11.6 Å². The summed E-state index contributed by atoms with van der Waals surface area (Å²) in [4.78, 5) is 15.1. The summed E-state index contributed by atoms with van der Waals surface area (Å²) in [5, 5.41) is 18.4. The molecule has 0 fully saturated rings. The lowest BCUT2D eigenvalue weighted by atomic mass is 10.0. The van der Waals surface area contributed by atoms with Gasteiger partial charge in [0, 0.05) is 11.8 Å². The van der Waals surface area contributed by atoms with Crippen molar-refractivity contribution >= 4 is 5.97 Å². The Morgan fingerprint density at radius 1 is 1.19 bits per heavy atom. The summed E-state index contributed by atoms with van der Waals surface area (Å²) >= 11 is 0. The molecule has 0 spiro atoms. The van der Waals surface area contributed by atoms with Crippen LogP contribution in [0.1, 0.15) is 21.5 Å². The Hall–Kier alpha value is -3.72. The molecule has 3 aromatic rings. The zero-order chi connectivity index (χ0) is 18.5. The van der Waals surface area contributed by atoms with E-state index in [1.54, 1.807) is 0 Å². The minimum atomic E-state index is -1.11. The van der Waals surface area contributed by atoms with E-state index in [4.69, 9.17) is 9.84 Å². The molecule has 0 amide bonds. The zero-order valence-electron chi connectivity index (χ0n) is 13.5. The second-order valence-electron chi connectivity index (χ2n) is 5.46. The average Bonchev–Trinajstić information content (AvgIpc) is 2.67. The van der Waals surface area contributed by atoms with Crippen LogP contribution in [0.15, 0.2) is 60.8 Å². The Labute approximate surface area is 148 Å². The van der Waals surface area contributed by atoms with Crippen LogP contribution in [0.5, 0.6) is 5.75 Å². The Morgan fingerprint density at radius 3 is 2.65 bits per heavy atom. The maximum absolute atomic E-state index is 14.5. The maximum atomic E-state index is 14.5. The third-order valence-electron chi connectivity index (χ3n) is 3.69. The smallest absolute Gasteiger partial charge is 0.335 e. The van der Waals surface area contributed by atoms with E-state index in [0.717, 1.165) is 5.56 Å². The van der Waals surface area contributed by atoms with Crippen LogP contribution in [0.3, 0.4) is 0 Å². The lowest BCUT2D eigenvalue weighted by Gasteiger charge is -2.11. The van der Waals surface area contributed by atoms with E-state index in [1.165, 1.54) is 30.5 Å². The molecule has 128 valence electrons. The normalized spacial score (nSPS) is 10.2. The van der Waals surface area contributed by atoms with Gasteiger partial charge in [-0.15, -0.1) is 0 Å². The Bertz CT molecular complexity index is 998. The number of carboxylic acid groups (broad SMARTS) is 1. The van der Waals surface area contributed by atoms with Crippen LogP contribution in [0, 0.1) is 17.1 Å². The minimum absolute atomic E-state index is 0.0125. The van der Waals surface area contributed by atoms with Crippen LogP contribution in [-0.4, -0.2) is 16.1 Å². The predicted molar refractivity (Wildman–Crippen MR) is 92.1 cm³/mol. The summed E-state index contributed by atoms with van der Waals surface area (Å²) in [5.41, 5.74) is 1.44. The number of nitriles is 1. The van der Waals surface area contributed by atoms with Crippen molar-refractivity contribution in [3.05, 3.63) is 83.3 Å². The van der Waals surface area contributed by atoms with Gasteiger partial charge < -0.3 is 9.84 Å². The first kappa shape index (κ1) is 17.1. The van der Waals surface area contributed by atoms with Crippen LogP contribution in [0.4, 0.5) is 4.39 Å². The number of halogens is 1. The molecular formula is C20H13FN2O3. The standard InChI is InChI=1S/C20H13FN2O3/c21-17-9-15(18-10-14(20(24)25)6-7-23-18)8-16(11-22)19(17)26-12-13-4-2-1-3-5-13/h1-10H,12H2,(H,24,25). The van der Waals surface area contributed by atoms with E-state index in [0.29, 0.717) is 5.56 Å². The number of rotatable bonds is 5. The van der Waals surface area contributed by atoms with Gasteiger partial charge in [0.25, 0.3) is 0 Å². The largest absolute Gasteiger partial charge is 0.484 e. The molecule has 1 N–H and O–H groups in total. The summed E-state index contributed by atoms with van der Waals surface area (Å²) in [6.45, 7) is 0.124. The number of benzene rings is 2. The SMILES string of the molecule is N#Cc1cc(-c2cc(C(=O)O)ccn2)cc(F)c1OCc1ccccc1. The van der Waals surface area contributed by atoms with Gasteiger partial charge in [-0.05, 0) is 29.8 Å². The van der Waals surface area contributed by atoms with E-state index >= 15 is 0 Å². The van der Waals surface area contributed by atoms with Crippen molar-refractivity contribution in [2.75, 3.05) is 0 Å².